The van der Waals surface area contributed by atoms with Gasteiger partial charge in [0.05, 0.1) is 5.52 Å². The third-order valence-electron chi connectivity index (χ3n) is 3.28. The maximum atomic E-state index is 10.7. The van der Waals surface area contributed by atoms with Gasteiger partial charge in [-0.2, -0.15) is 0 Å². The molecule has 0 bridgehead atoms. The van der Waals surface area contributed by atoms with E-state index >= 15 is 0 Å². The summed E-state index contributed by atoms with van der Waals surface area (Å²) in [6, 6.07) is 8.00. The lowest BCUT2D eigenvalue weighted by molar-refractivity contribution is -0.118. The number of para-hydroxylation sites is 1. The molecule has 0 unspecified atom stereocenters. The highest BCUT2D eigenvalue weighted by molar-refractivity contribution is 5.89. The van der Waals surface area contributed by atoms with E-state index in [1.54, 1.807) is 11.2 Å². The van der Waals surface area contributed by atoms with Crippen LogP contribution in [0.25, 0.3) is 10.9 Å². The molecule has 1 aromatic carbocycles. The number of anilines is 1. The van der Waals surface area contributed by atoms with E-state index < -0.39 is 0 Å². The molecule has 1 aliphatic heterocycles. The van der Waals surface area contributed by atoms with Crippen LogP contribution in [0.3, 0.4) is 0 Å². The van der Waals surface area contributed by atoms with Gasteiger partial charge in [-0.1, -0.05) is 12.1 Å². The zero-order valence-electron chi connectivity index (χ0n) is 9.99. The van der Waals surface area contributed by atoms with Gasteiger partial charge in [0.15, 0.2) is 0 Å². The van der Waals surface area contributed by atoms with E-state index in [0.29, 0.717) is 0 Å². The number of nitrogens with zero attached hydrogens (tertiary/aromatic N) is 4. The van der Waals surface area contributed by atoms with Crippen molar-refractivity contribution in [1.29, 1.82) is 0 Å². The Morgan fingerprint density at radius 2 is 1.83 bits per heavy atom. The summed E-state index contributed by atoms with van der Waals surface area (Å²) in [6.07, 6.45) is 2.51. The molecule has 0 aliphatic carbocycles. The van der Waals surface area contributed by atoms with Crippen molar-refractivity contribution in [2.24, 2.45) is 0 Å². The number of hydrogen-bond acceptors (Lipinski definition) is 4. The average Bonchev–Trinajstić information content (AvgIpc) is 2.47. The molecule has 1 fully saturated rings. The Balaban J connectivity index is 1.93. The van der Waals surface area contributed by atoms with E-state index in [9.17, 15) is 4.79 Å². The van der Waals surface area contributed by atoms with Crippen molar-refractivity contribution in [1.82, 2.24) is 14.9 Å². The van der Waals surface area contributed by atoms with Gasteiger partial charge in [-0.25, -0.2) is 9.97 Å². The van der Waals surface area contributed by atoms with E-state index in [1.807, 2.05) is 24.3 Å². The third-order valence-corrected chi connectivity index (χ3v) is 3.28. The van der Waals surface area contributed by atoms with Gasteiger partial charge in [-0.3, -0.25) is 4.79 Å². The van der Waals surface area contributed by atoms with Crippen LogP contribution in [0, 0.1) is 0 Å². The van der Waals surface area contributed by atoms with Crippen LogP contribution < -0.4 is 4.90 Å². The first-order chi connectivity index (χ1) is 8.88. The number of amides is 1. The lowest BCUT2D eigenvalue weighted by atomic mass is 10.2. The fourth-order valence-electron chi connectivity index (χ4n) is 2.28. The smallest absolute Gasteiger partial charge is 0.209 e. The molecule has 2 heterocycles. The van der Waals surface area contributed by atoms with Crippen molar-refractivity contribution < 1.29 is 4.79 Å². The Labute approximate surface area is 105 Å². The van der Waals surface area contributed by atoms with E-state index in [-0.39, 0.29) is 0 Å². The minimum absolute atomic E-state index is 0.752. The molecule has 0 N–H and O–H groups in total. The number of fused-ring (bicyclic) bond motifs is 1. The molecule has 2 aromatic rings. The molecule has 92 valence electrons. The highest BCUT2D eigenvalue weighted by Gasteiger charge is 2.18. The van der Waals surface area contributed by atoms with Gasteiger partial charge in [0, 0.05) is 31.6 Å². The summed E-state index contributed by atoms with van der Waals surface area (Å²) in [6.45, 7) is 3.14. The third kappa shape index (κ3) is 1.88. The van der Waals surface area contributed by atoms with Gasteiger partial charge in [-0.05, 0) is 12.1 Å². The average molecular weight is 242 g/mol. The zero-order chi connectivity index (χ0) is 12.4. The van der Waals surface area contributed by atoms with Crippen molar-refractivity contribution in [2.45, 2.75) is 0 Å². The predicted molar refractivity (Wildman–Crippen MR) is 69.4 cm³/mol. The van der Waals surface area contributed by atoms with Crippen LogP contribution >= 0.6 is 0 Å². The minimum atomic E-state index is 0.752. The summed E-state index contributed by atoms with van der Waals surface area (Å²) in [5.41, 5.74) is 0.959. The quantitative estimate of drug-likeness (QED) is 0.734. The van der Waals surface area contributed by atoms with Crippen molar-refractivity contribution in [3.05, 3.63) is 30.6 Å². The van der Waals surface area contributed by atoms with Gasteiger partial charge in [0.2, 0.25) is 6.41 Å². The van der Waals surface area contributed by atoms with Crippen LogP contribution in [-0.2, 0) is 4.79 Å². The van der Waals surface area contributed by atoms with E-state index in [2.05, 4.69) is 14.9 Å². The highest BCUT2D eigenvalue weighted by Crippen LogP contribution is 2.23. The van der Waals surface area contributed by atoms with Crippen molar-refractivity contribution >= 4 is 23.1 Å². The molecular weight excluding hydrogens is 228 g/mol. The molecule has 1 aliphatic rings. The number of aromatic nitrogens is 2. The highest BCUT2D eigenvalue weighted by atomic mass is 16.1. The topological polar surface area (TPSA) is 49.3 Å². The van der Waals surface area contributed by atoms with Crippen LogP contribution in [0.4, 0.5) is 5.82 Å². The summed E-state index contributed by atoms with van der Waals surface area (Å²) < 4.78 is 0. The first-order valence-corrected chi connectivity index (χ1v) is 6.02. The Hall–Kier alpha value is -2.17. The van der Waals surface area contributed by atoms with Crippen LogP contribution in [0.2, 0.25) is 0 Å². The molecule has 3 rings (SSSR count). The van der Waals surface area contributed by atoms with Crippen molar-refractivity contribution in [3.63, 3.8) is 0 Å². The zero-order valence-corrected chi connectivity index (χ0v) is 9.99. The van der Waals surface area contributed by atoms with Crippen LogP contribution in [0.5, 0.6) is 0 Å². The Morgan fingerprint density at radius 1 is 1.06 bits per heavy atom. The second kappa shape index (κ2) is 4.60. The maximum absolute atomic E-state index is 10.7. The molecule has 5 nitrogen and oxygen atoms in total. The second-order valence-corrected chi connectivity index (χ2v) is 4.34. The second-order valence-electron chi connectivity index (χ2n) is 4.34. The number of hydrogen-bond donors (Lipinski definition) is 0. The molecular formula is C13H14N4O. The van der Waals surface area contributed by atoms with Crippen LogP contribution in [0.15, 0.2) is 30.6 Å². The van der Waals surface area contributed by atoms with Gasteiger partial charge in [0.25, 0.3) is 0 Å². The Kier molecular flexibility index (Phi) is 2.80. The number of piperazine rings is 1. The summed E-state index contributed by atoms with van der Waals surface area (Å²) in [5, 5.41) is 1.07. The van der Waals surface area contributed by atoms with Crippen LogP contribution in [-0.4, -0.2) is 47.5 Å². The molecule has 1 amide bonds. The number of benzene rings is 1. The van der Waals surface area contributed by atoms with Gasteiger partial charge < -0.3 is 9.80 Å². The Bertz CT molecular complexity index is 558. The molecule has 0 radical (unpaired) electrons. The molecule has 5 heteroatoms. The first kappa shape index (κ1) is 11.0. The minimum Gasteiger partial charge on any atom is -0.352 e. The normalized spacial score (nSPS) is 16.0. The van der Waals surface area contributed by atoms with E-state index in [0.717, 1.165) is 49.3 Å². The van der Waals surface area contributed by atoms with Gasteiger partial charge in [-0.15, -0.1) is 0 Å². The Morgan fingerprint density at radius 3 is 2.61 bits per heavy atom. The SMILES string of the molecule is O=CN1CCN(c2ncnc3ccccc23)CC1. The molecule has 0 saturated carbocycles. The molecule has 18 heavy (non-hydrogen) atoms. The molecule has 1 saturated heterocycles. The van der Waals surface area contributed by atoms with E-state index in [1.165, 1.54) is 0 Å². The monoisotopic (exact) mass is 242 g/mol. The summed E-state index contributed by atoms with van der Waals surface area (Å²) in [4.78, 5) is 23.4. The van der Waals surface area contributed by atoms with Crippen LogP contribution in [0.1, 0.15) is 0 Å². The number of carbonyl (C=O) groups excluding carboxylic acids is 1. The fraction of sp³-hybridized carbons (Fsp3) is 0.308. The van der Waals surface area contributed by atoms with Gasteiger partial charge in [0.1, 0.15) is 12.1 Å². The standard InChI is InChI=1S/C13H14N4O/c18-10-16-5-7-17(8-6-16)13-11-3-1-2-4-12(11)14-9-15-13/h1-4,9-10H,5-8H2. The summed E-state index contributed by atoms with van der Waals surface area (Å²) in [5.74, 6) is 0.964. The maximum Gasteiger partial charge on any atom is 0.209 e. The largest absolute Gasteiger partial charge is 0.352 e. The molecule has 0 atom stereocenters. The molecule has 0 spiro atoms. The number of rotatable bonds is 2. The predicted octanol–water partition coefficient (Wildman–Crippen LogP) is 0.908. The number of carbonyl (C=O) groups is 1. The lowest BCUT2D eigenvalue weighted by Gasteiger charge is -2.33. The van der Waals surface area contributed by atoms with Crippen molar-refractivity contribution in [2.75, 3.05) is 31.1 Å². The summed E-state index contributed by atoms with van der Waals surface area (Å²) >= 11 is 0. The molecule has 1 aromatic heterocycles. The summed E-state index contributed by atoms with van der Waals surface area (Å²) in [7, 11) is 0. The van der Waals surface area contributed by atoms with E-state index in [4.69, 9.17) is 0 Å². The van der Waals surface area contributed by atoms with Crippen molar-refractivity contribution in [3.8, 4) is 0 Å². The first-order valence-electron chi connectivity index (χ1n) is 6.02. The fourth-order valence-corrected chi connectivity index (χ4v) is 2.28. The van der Waals surface area contributed by atoms with Gasteiger partial charge >= 0.3 is 0 Å². The lowest BCUT2D eigenvalue weighted by Crippen LogP contribution is -2.46.